The summed E-state index contributed by atoms with van der Waals surface area (Å²) in [6.07, 6.45) is 19.1. The van der Waals surface area contributed by atoms with Crippen LogP contribution in [-0.2, 0) is 55.3 Å². The van der Waals surface area contributed by atoms with Gasteiger partial charge in [0.15, 0.2) is 34.6 Å². The molecule has 0 unspecified atom stereocenters. The van der Waals surface area contributed by atoms with Gasteiger partial charge in [0.25, 0.3) is 0 Å². The van der Waals surface area contributed by atoms with E-state index in [1.807, 2.05) is 36.4 Å². The van der Waals surface area contributed by atoms with E-state index in [4.69, 9.17) is 25.7 Å². The van der Waals surface area contributed by atoms with Gasteiger partial charge >= 0.3 is 50.6 Å². The number of methoxy groups -OCH3 is 1. The van der Waals surface area contributed by atoms with Crippen molar-refractivity contribution < 1.29 is 72.1 Å². The van der Waals surface area contributed by atoms with Gasteiger partial charge in [-0.3, -0.25) is 9.80 Å². The first-order chi connectivity index (χ1) is 51.7. The topological polar surface area (TPSA) is 337 Å². The van der Waals surface area contributed by atoms with Crippen molar-refractivity contribution >= 4 is 50.6 Å². The van der Waals surface area contributed by atoms with E-state index in [1.165, 1.54) is 30.3 Å². The highest BCUT2D eigenvalue weighted by atomic mass is 32.2. The lowest BCUT2D eigenvalue weighted by atomic mass is 9.86. The van der Waals surface area contributed by atoms with Crippen LogP contribution < -0.4 is 20.9 Å². The van der Waals surface area contributed by atoms with Crippen LogP contribution in [-0.4, -0.2) is 210 Å². The Morgan fingerprint density at radius 1 is 0.385 bits per heavy atom. The molecule has 10 rings (SSSR count). The van der Waals surface area contributed by atoms with Crippen LogP contribution in [0.15, 0.2) is 116 Å². The van der Waals surface area contributed by atoms with Gasteiger partial charge in [-0.05, 0) is 237 Å². The van der Waals surface area contributed by atoms with E-state index in [0.717, 1.165) is 222 Å². The van der Waals surface area contributed by atoms with Gasteiger partial charge < -0.3 is 40.4 Å². The third-order valence-electron chi connectivity index (χ3n) is 19.4. The molecule has 5 saturated heterocycles. The molecule has 5 aromatic rings. The summed E-state index contributed by atoms with van der Waals surface area (Å²) in [5.74, 6) is 0.879. The average Bonchev–Trinajstić information content (AvgIpc) is 0.833. The molecule has 5 aliphatic heterocycles. The monoisotopic (exact) mass is 1600 g/mol. The van der Waals surface area contributed by atoms with Gasteiger partial charge in [-0.25, -0.2) is 4.39 Å². The molecule has 0 spiro atoms. The molecule has 5 heterocycles. The number of ether oxygens (including phenoxy) is 1. The van der Waals surface area contributed by atoms with Crippen LogP contribution in [0.1, 0.15) is 164 Å². The minimum atomic E-state index is -3.72. The molecule has 594 valence electrons. The first-order valence-electron chi connectivity index (χ1n) is 36.4. The Balaban J connectivity index is 0.000000213. The van der Waals surface area contributed by atoms with Crippen LogP contribution >= 0.6 is 0 Å². The van der Waals surface area contributed by atoms with E-state index < -0.39 is 56.4 Å². The molecule has 0 N–H and O–H groups in total. The summed E-state index contributed by atoms with van der Waals surface area (Å²) in [7, 11) is -16.6. The Hall–Kier alpha value is -8.02. The second-order valence-corrected chi connectivity index (χ2v) is 35.5. The molecular formula is C78H104FN9O16S5. The molecule has 109 heavy (non-hydrogen) atoms. The first-order valence-corrected chi connectivity index (χ1v) is 45.5. The summed E-state index contributed by atoms with van der Waals surface area (Å²) in [5, 5.41) is 37.7. The zero-order chi connectivity index (χ0) is 80.1. The molecule has 0 aromatic heterocycles. The number of nitriles is 4. The van der Waals surface area contributed by atoms with E-state index in [0.29, 0.717) is 34.4 Å². The Bertz CT molecular complexity index is 4620. The predicted octanol–water partition coefficient (Wildman–Crippen LogP) is 11.1. The van der Waals surface area contributed by atoms with E-state index in [2.05, 4.69) is 75.8 Å². The van der Waals surface area contributed by atoms with Crippen LogP contribution in [0.2, 0.25) is 0 Å². The summed E-state index contributed by atoms with van der Waals surface area (Å²) >= 11 is 0. The van der Waals surface area contributed by atoms with Crippen LogP contribution in [0.25, 0.3) is 0 Å². The SMILES string of the molecule is C=CCN1CCC(c2cccc(OS(C)(=O)=O)c2C#N)CC1.C=CCN1CCC(c2cccc(OS(C)(=O)=O)c2F)CC1.CCCN1CCC(c2cccc(OS(C)(=O)=O)c2C#N)CC1.CCN1CCC(c2cccc(OS(C)(=O)=O)c2C#N)CC1.COCCN1CCC(c2cccc(OS(C)(=O)=O)c2C#N)CC1. The maximum absolute atomic E-state index is 14.4. The van der Waals surface area contributed by atoms with Crippen molar-refractivity contribution in [2.45, 2.75) is 114 Å². The lowest BCUT2D eigenvalue weighted by Crippen LogP contribution is -2.35. The zero-order valence-corrected chi connectivity index (χ0v) is 67.8. The molecule has 0 radical (unpaired) electrons. The van der Waals surface area contributed by atoms with E-state index >= 15 is 0 Å². The van der Waals surface area contributed by atoms with Crippen molar-refractivity contribution in [1.82, 2.24) is 24.5 Å². The largest absolute Gasteiger partial charge is 0.383 e. The highest BCUT2D eigenvalue weighted by molar-refractivity contribution is 7.87. The van der Waals surface area contributed by atoms with E-state index in [-0.39, 0.29) is 58.3 Å². The third kappa shape index (κ3) is 29.6. The number of halogens is 1. The summed E-state index contributed by atoms with van der Waals surface area (Å²) < 4.78 is 157. The Labute approximate surface area is 646 Å². The summed E-state index contributed by atoms with van der Waals surface area (Å²) in [6.45, 7) is 26.8. The quantitative estimate of drug-likeness (QED) is 0.0387. The average molecular weight is 1600 g/mol. The van der Waals surface area contributed by atoms with Gasteiger partial charge in [0.2, 0.25) is 0 Å². The summed E-state index contributed by atoms with van der Waals surface area (Å²) in [5.41, 5.74) is 5.44. The number of benzene rings is 5. The molecule has 0 bridgehead atoms. The minimum Gasteiger partial charge on any atom is -0.383 e. The van der Waals surface area contributed by atoms with Gasteiger partial charge in [-0.1, -0.05) is 86.7 Å². The fraction of sp³-hybridized carbons (Fsp3) is 0.513. The maximum Gasteiger partial charge on any atom is 0.306 e. The molecule has 5 aromatic carbocycles. The summed E-state index contributed by atoms with van der Waals surface area (Å²) in [6, 6.07) is 33.8. The first kappa shape index (κ1) is 89.9. The number of rotatable bonds is 25. The highest BCUT2D eigenvalue weighted by Gasteiger charge is 2.31. The zero-order valence-electron chi connectivity index (χ0n) is 63.7. The van der Waals surface area contributed by atoms with Gasteiger partial charge in [0, 0.05) is 26.7 Å². The summed E-state index contributed by atoms with van der Waals surface area (Å²) in [4.78, 5) is 11.7. The van der Waals surface area contributed by atoms with Crippen molar-refractivity contribution in [3.8, 4) is 53.0 Å². The minimum absolute atomic E-state index is 0.0918. The van der Waals surface area contributed by atoms with Crippen molar-refractivity contribution in [1.29, 1.82) is 21.0 Å². The van der Waals surface area contributed by atoms with Gasteiger partial charge in [0.1, 0.15) is 24.3 Å². The predicted molar refractivity (Wildman–Crippen MR) is 419 cm³/mol. The smallest absolute Gasteiger partial charge is 0.306 e. The van der Waals surface area contributed by atoms with Gasteiger partial charge in [-0.2, -0.15) is 63.1 Å². The number of piperidine rings is 5. The lowest BCUT2D eigenvalue weighted by Gasteiger charge is -2.32. The lowest BCUT2D eigenvalue weighted by molar-refractivity contribution is 0.130. The van der Waals surface area contributed by atoms with Gasteiger partial charge in [0.05, 0.1) is 60.1 Å². The maximum atomic E-state index is 14.4. The van der Waals surface area contributed by atoms with Crippen molar-refractivity contribution in [2.24, 2.45) is 0 Å². The standard InChI is InChI=1S/C16H22N2O4S.C16H22N2O3S.C16H20N2O3S.C15H20FNO3S.C15H20N2O3S/c1-21-11-10-18-8-6-13(7-9-18)14-4-3-5-16(15(14)12-17)22-23(2,19)20;2*1-3-9-18-10-7-13(8-11-18)14-5-4-6-16(15(14)12-17)21-22(2,19)20;1-3-9-17-10-7-12(8-11-17)13-5-4-6-14(15(13)16)20-21(2,18)19;1-3-17-9-7-12(8-10-17)13-5-4-6-15(14(13)11-16)20-21(2,18)19/h3-5,13H,6-11H2,1-2H3;4-6,13H,3,7-11H2,1-2H3;3-6,13H,1,7-11H2,2H3;3-6,12H,1,7-11H2,2H3;4-6,12H,3,7-10H2,1-2H3. The van der Waals surface area contributed by atoms with Crippen LogP contribution in [0.3, 0.4) is 0 Å². The Kier molecular flexibility index (Phi) is 35.4. The van der Waals surface area contributed by atoms with Gasteiger partial charge in [-0.15, -0.1) is 13.2 Å². The van der Waals surface area contributed by atoms with Crippen LogP contribution in [0.4, 0.5) is 4.39 Å². The molecule has 0 aliphatic carbocycles. The molecule has 5 aliphatic rings. The molecule has 25 nitrogen and oxygen atoms in total. The number of likely N-dealkylation sites (tertiary alicyclic amines) is 5. The van der Waals surface area contributed by atoms with Crippen molar-refractivity contribution in [2.75, 3.05) is 143 Å². The van der Waals surface area contributed by atoms with E-state index in [9.17, 15) is 67.5 Å². The normalized spacial score (nSPS) is 17.2. The number of hydrogen-bond donors (Lipinski definition) is 0. The number of nitrogens with zero attached hydrogens (tertiary/aromatic N) is 9. The molecular weight excluding hydrogens is 1500 g/mol. The fourth-order valence-corrected chi connectivity index (χ4v) is 16.6. The Morgan fingerprint density at radius 3 is 0.872 bits per heavy atom. The van der Waals surface area contributed by atoms with Crippen LogP contribution in [0.5, 0.6) is 28.7 Å². The van der Waals surface area contributed by atoms with E-state index in [1.54, 1.807) is 43.5 Å². The molecule has 0 saturated carbocycles. The highest BCUT2D eigenvalue weighted by Crippen LogP contribution is 2.40. The number of hydrogen-bond acceptors (Lipinski definition) is 25. The Morgan fingerprint density at radius 2 is 0.624 bits per heavy atom. The van der Waals surface area contributed by atoms with Crippen molar-refractivity contribution in [3.63, 3.8) is 0 Å². The van der Waals surface area contributed by atoms with Crippen molar-refractivity contribution in [3.05, 3.63) is 172 Å². The fourth-order valence-electron chi connectivity index (χ4n) is 14.3. The second kappa shape index (κ2) is 43.0. The van der Waals surface area contributed by atoms with Crippen LogP contribution in [0, 0.1) is 51.1 Å². The molecule has 31 heteroatoms. The molecule has 0 atom stereocenters. The molecule has 0 amide bonds. The second-order valence-electron chi connectivity index (χ2n) is 27.6. The third-order valence-corrected chi connectivity index (χ3v) is 21.8. The molecule has 5 fully saturated rings.